The maximum Gasteiger partial charge on any atom is 0.339 e. The summed E-state index contributed by atoms with van der Waals surface area (Å²) in [6, 6.07) is 1.25. The number of furan rings is 1. The molecule has 5 heteroatoms. The third-order valence-electron chi connectivity index (χ3n) is 1.96. The van der Waals surface area contributed by atoms with Crippen molar-refractivity contribution in [3.63, 3.8) is 0 Å². The summed E-state index contributed by atoms with van der Waals surface area (Å²) >= 11 is 0. The minimum atomic E-state index is -1.12. The van der Waals surface area contributed by atoms with Crippen molar-refractivity contribution < 1.29 is 24.2 Å². The number of carbonyl (C=O) groups is 2. The normalized spacial score (nSPS) is 12.4. The Balaban J connectivity index is 3.08. The second kappa shape index (κ2) is 3.53. The lowest BCUT2D eigenvalue weighted by molar-refractivity contribution is -0.138. The van der Waals surface area contributed by atoms with Gasteiger partial charge in [0.2, 0.25) is 0 Å². The molecular formula is C9H10O5. The summed E-state index contributed by atoms with van der Waals surface area (Å²) in [6.07, 6.45) is 0. The molecule has 5 nitrogen and oxygen atoms in total. The van der Waals surface area contributed by atoms with E-state index in [1.165, 1.54) is 19.9 Å². The van der Waals surface area contributed by atoms with Gasteiger partial charge in [0, 0.05) is 0 Å². The van der Waals surface area contributed by atoms with Crippen LogP contribution in [0.15, 0.2) is 10.5 Å². The molecule has 0 radical (unpaired) electrons. The molecule has 0 saturated heterocycles. The number of hydrogen-bond acceptors (Lipinski definition) is 3. The molecule has 14 heavy (non-hydrogen) atoms. The molecular weight excluding hydrogens is 188 g/mol. The quantitative estimate of drug-likeness (QED) is 0.767. The topological polar surface area (TPSA) is 87.7 Å². The van der Waals surface area contributed by atoms with Crippen LogP contribution in [0, 0.1) is 6.92 Å². The third-order valence-corrected chi connectivity index (χ3v) is 1.96. The van der Waals surface area contributed by atoms with Crippen molar-refractivity contribution in [1.82, 2.24) is 0 Å². The fraction of sp³-hybridized carbons (Fsp3) is 0.333. The molecule has 1 rings (SSSR count). The number of rotatable bonds is 3. The number of hydrogen-bond donors (Lipinski definition) is 2. The van der Waals surface area contributed by atoms with Gasteiger partial charge in [0.25, 0.3) is 0 Å². The zero-order valence-corrected chi connectivity index (χ0v) is 7.77. The number of carboxylic acids is 2. The Morgan fingerprint density at radius 1 is 1.43 bits per heavy atom. The largest absolute Gasteiger partial charge is 0.481 e. The van der Waals surface area contributed by atoms with Crippen molar-refractivity contribution in [3.05, 3.63) is 23.2 Å². The van der Waals surface area contributed by atoms with E-state index in [1.54, 1.807) is 0 Å². The van der Waals surface area contributed by atoms with Gasteiger partial charge in [-0.25, -0.2) is 4.79 Å². The minimum absolute atomic E-state index is 0.00750. The summed E-state index contributed by atoms with van der Waals surface area (Å²) in [5.74, 6) is -2.61. The van der Waals surface area contributed by atoms with Gasteiger partial charge in [-0.15, -0.1) is 0 Å². The Morgan fingerprint density at radius 2 is 2.00 bits per heavy atom. The molecule has 76 valence electrons. The van der Waals surface area contributed by atoms with E-state index in [-0.39, 0.29) is 17.1 Å². The zero-order valence-electron chi connectivity index (χ0n) is 7.77. The van der Waals surface area contributed by atoms with Gasteiger partial charge in [0.15, 0.2) is 0 Å². The van der Waals surface area contributed by atoms with Gasteiger partial charge in [-0.05, 0) is 19.9 Å². The summed E-state index contributed by atoms with van der Waals surface area (Å²) in [5, 5.41) is 17.4. The average molecular weight is 198 g/mol. The highest BCUT2D eigenvalue weighted by Crippen LogP contribution is 2.22. The van der Waals surface area contributed by atoms with Gasteiger partial charge >= 0.3 is 11.9 Å². The molecule has 0 bridgehead atoms. The summed E-state index contributed by atoms with van der Waals surface area (Å²) < 4.78 is 5.04. The van der Waals surface area contributed by atoms with E-state index in [2.05, 4.69) is 0 Å². The van der Waals surface area contributed by atoms with Crippen LogP contribution in [0.5, 0.6) is 0 Å². The lowest BCUT2D eigenvalue weighted by atomic mass is 10.1. The number of aromatic carboxylic acids is 1. The fourth-order valence-electron chi connectivity index (χ4n) is 1.05. The summed E-state index contributed by atoms with van der Waals surface area (Å²) in [4.78, 5) is 21.2. The standard InChI is InChI=1S/C9H10O5/c1-4(8(10)11)7-3-6(9(12)13)5(2)14-7/h3-4H,1-2H3,(H,10,11)(H,12,13). The van der Waals surface area contributed by atoms with Crippen LogP contribution < -0.4 is 0 Å². The molecule has 0 aliphatic rings. The minimum Gasteiger partial charge on any atom is -0.481 e. The second-order valence-corrected chi connectivity index (χ2v) is 2.98. The van der Waals surface area contributed by atoms with Crippen molar-refractivity contribution in [2.24, 2.45) is 0 Å². The fourth-order valence-corrected chi connectivity index (χ4v) is 1.05. The molecule has 0 aromatic carbocycles. The molecule has 0 amide bonds. The first kappa shape index (κ1) is 10.3. The maximum atomic E-state index is 10.6. The number of carboxylic acid groups (broad SMARTS) is 2. The molecule has 0 saturated carbocycles. The molecule has 1 heterocycles. The first-order chi connectivity index (χ1) is 6.43. The van der Waals surface area contributed by atoms with Crippen LogP contribution in [0.25, 0.3) is 0 Å². The predicted molar refractivity (Wildman–Crippen MR) is 46.5 cm³/mol. The molecule has 0 spiro atoms. The third kappa shape index (κ3) is 1.76. The second-order valence-electron chi connectivity index (χ2n) is 2.98. The van der Waals surface area contributed by atoms with E-state index in [0.29, 0.717) is 0 Å². The highest BCUT2D eigenvalue weighted by atomic mass is 16.4. The van der Waals surface area contributed by atoms with Gasteiger partial charge in [0.05, 0.1) is 0 Å². The van der Waals surface area contributed by atoms with Gasteiger partial charge in [-0.1, -0.05) is 0 Å². The van der Waals surface area contributed by atoms with Crippen LogP contribution in [-0.4, -0.2) is 22.2 Å². The zero-order chi connectivity index (χ0) is 10.9. The Labute approximate surface area is 80.0 Å². The van der Waals surface area contributed by atoms with E-state index in [4.69, 9.17) is 14.6 Å². The molecule has 1 aromatic heterocycles. The van der Waals surface area contributed by atoms with Gasteiger partial charge < -0.3 is 14.6 Å². The van der Waals surface area contributed by atoms with Gasteiger partial charge in [-0.2, -0.15) is 0 Å². The van der Waals surface area contributed by atoms with E-state index in [9.17, 15) is 9.59 Å². The number of aliphatic carboxylic acids is 1. The number of aryl methyl sites for hydroxylation is 1. The van der Waals surface area contributed by atoms with E-state index < -0.39 is 17.9 Å². The Hall–Kier alpha value is -1.78. The Bertz CT molecular complexity index is 377. The van der Waals surface area contributed by atoms with Crippen molar-refractivity contribution in [2.45, 2.75) is 19.8 Å². The summed E-state index contributed by atoms with van der Waals surface area (Å²) in [5.41, 5.74) is 0.00750. The van der Waals surface area contributed by atoms with Crippen LogP contribution >= 0.6 is 0 Å². The predicted octanol–water partition coefficient (Wildman–Crippen LogP) is 1.47. The molecule has 0 aliphatic carbocycles. The van der Waals surface area contributed by atoms with E-state index >= 15 is 0 Å². The van der Waals surface area contributed by atoms with E-state index in [0.717, 1.165) is 0 Å². The highest BCUT2D eigenvalue weighted by molar-refractivity contribution is 5.89. The van der Waals surface area contributed by atoms with Crippen molar-refractivity contribution >= 4 is 11.9 Å². The van der Waals surface area contributed by atoms with Gasteiger partial charge in [-0.3, -0.25) is 4.79 Å². The van der Waals surface area contributed by atoms with Crippen molar-refractivity contribution in [2.75, 3.05) is 0 Å². The molecule has 1 atom stereocenters. The smallest absolute Gasteiger partial charge is 0.339 e. The molecule has 2 N–H and O–H groups in total. The lowest BCUT2D eigenvalue weighted by Crippen LogP contribution is -2.06. The monoisotopic (exact) mass is 198 g/mol. The summed E-state index contributed by atoms with van der Waals surface area (Å²) in [6.45, 7) is 2.92. The molecule has 1 aromatic rings. The first-order valence-corrected chi connectivity index (χ1v) is 4.00. The van der Waals surface area contributed by atoms with Crippen LogP contribution in [0.1, 0.15) is 34.7 Å². The molecule has 0 aliphatic heterocycles. The molecule has 1 unspecified atom stereocenters. The van der Waals surface area contributed by atoms with Crippen molar-refractivity contribution in [3.8, 4) is 0 Å². The van der Waals surface area contributed by atoms with Crippen LogP contribution in [-0.2, 0) is 4.79 Å². The molecule has 0 fully saturated rings. The summed E-state index contributed by atoms with van der Waals surface area (Å²) in [7, 11) is 0. The Morgan fingerprint density at radius 3 is 2.36 bits per heavy atom. The van der Waals surface area contributed by atoms with Crippen LogP contribution in [0.3, 0.4) is 0 Å². The SMILES string of the molecule is Cc1oc(C(C)C(=O)O)cc1C(=O)O. The van der Waals surface area contributed by atoms with Crippen molar-refractivity contribution in [1.29, 1.82) is 0 Å². The van der Waals surface area contributed by atoms with Gasteiger partial charge in [0.1, 0.15) is 23.0 Å². The van der Waals surface area contributed by atoms with Crippen LogP contribution in [0.4, 0.5) is 0 Å². The Kier molecular flexibility index (Phi) is 2.60. The first-order valence-electron chi connectivity index (χ1n) is 4.00. The highest BCUT2D eigenvalue weighted by Gasteiger charge is 2.21. The van der Waals surface area contributed by atoms with Crippen LogP contribution in [0.2, 0.25) is 0 Å². The van der Waals surface area contributed by atoms with E-state index in [1.807, 2.05) is 0 Å². The average Bonchev–Trinajstić information content (AvgIpc) is 2.45. The maximum absolute atomic E-state index is 10.6. The lowest BCUT2D eigenvalue weighted by Gasteiger charge is -1.99.